The first kappa shape index (κ1) is 15.6. The number of benzene rings is 1. The molecule has 1 aromatic heterocycles. The minimum absolute atomic E-state index is 0.394. The molecule has 116 valence electrons. The monoisotopic (exact) mass is 335 g/mol. The molecule has 3 nitrogen and oxygen atoms in total. The maximum absolute atomic E-state index is 10.8. The van der Waals surface area contributed by atoms with Crippen molar-refractivity contribution in [3.63, 3.8) is 0 Å². The van der Waals surface area contributed by atoms with Gasteiger partial charge in [0.25, 0.3) is 0 Å². The Morgan fingerprint density at radius 1 is 1.41 bits per heavy atom. The minimum atomic E-state index is 0.394. The third-order valence-electron chi connectivity index (χ3n) is 4.70. The van der Waals surface area contributed by atoms with Crippen LogP contribution in [0.2, 0.25) is 5.15 Å². The van der Waals surface area contributed by atoms with Gasteiger partial charge in [0.15, 0.2) is 0 Å². The highest BCUT2D eigenvalue weighted by molar-refractivity contribution is 7.65. The van der Waals surface area contributed by atoms with E-state index in [0.29, 0.717) is 40.5 Å². The molecule has 1 unspecified atom stereocenters. The second-order valence-electron chi connectivity index (χ2n) is 6.32. The number of rotatable bonds is 4. The van der Waals surface area contributed by atoms with Gasteiger partial charge in [-0.25, -0.2) is 4.98 Å². The molecule has 1 fully saturated rings. The summed E-state index contributed by atoms with van der Waals surface area (Å²) in [5, 5.41) is 2.86. The first-order valence-corrected chi connectivity index (χ1v) is 8.91. The Labute approximate surface area is 140 Å². The number of nitrogens with zero attached hydrogens (tertiary/aromatic N) is 2. The number of anilines is 1. The molecule has 0 bridgehead atoms. The van der Waals surface area contributed by atoms with Crippen LogP contribution >= 0.6 is 11.6 Å². The van der Waals surface area contributed by atoms with E-state index in [1.54, 1.807) is 0 Å². The maximum Gasteiger partial charge on any atom is 0.459 e. The molecule has 5 heteroatoms. The van der Waals surface area contributed by atoms with E-state index in [4.69, 9.17) is 11.6 Å². The van der Waals surface area contributed by atoms with Crippen molar-refractivity contribution in [1.29, 1.82) is 0 Å². The fraction of sp³-hybridized carbons (Fsp3) is 0.471. The second kappa shape index (κ2) is 6.09. The first-order chi connectivity index (χ1) is 10.5. The smallest absolute Gasteiger partial charge is 0.367 e. The number of hydrogen-bond acceptors (Lipinski definition) is 3. The summed E-state index contributed by atoms with van der Waals surface area (Å²) in [6, 6.07) is 6.74. The molecule has 2 aromatic rings. The van der Waals surface area contributed by atoms with Crippen LogP contribution < -0.4 is 4.90 Å². The summed E-state index contributed by atoms with van der Waals surface area (Å²) < 4.78 is 10.8. The Hall–Kier alpha value is -1.26. The lowest BCUT2D eigenvalue weighted by Gasteiger charge is -2.46. The second-order valence-corrected chi connectivity index (χ2v) is 7.28. The van der Waals surface area contributed by atoms with Crippen molar-refractivity contribution in [2.45, 2.75) is 32.7 Å². The lowest BCUT2D eigenvalue weighted by Crippen LogP contribution is -2.56. The van der Waals surface area contributed by atoms with Crippen LogP contribution in [0.25, 0.3) is 10.8 Å². The third kappa shape index (κ3) is 2.59. The molecule has 0 amide bonds. The molecular formula is C17H20ClN2OS+. The topological polar surface area (TPSA) is 33.2 Å². The summed E-state index contributed by atoms with van der Waals surface area (Å²) in [5.41, 5.74) is 2.49. The van der Waals surface area contributed by atoms with Gasteiger partial charge in [0, 0.05) is 34.1 Å². The molecule has 3 rings (SSSR count). The molecule has 1 aliphatic heterocycles. The summed E-state index contributed by atoms with van der Waals surface area (Å²) in [7, 11) is 0. The largest absolute Gasteiger partial charge is 0.459 e. The number of halogens is 1. The van der Waals surface area contributed by atoms with Crippen LogP contribution in [0.15, 0.2) is 24.4 Å². The molecular weight excluding hydrogens is 316 g/mol. The number of fused-ring (bicyclic) bond motifs is 1. The van der Waals surface area contributed by atoms with Gasteiger partial charge in [-0.2, -0.15) is 0 Å². The summed E-state index contributed by atoms with van der Waals surface area (Å²) in [5.74, 6) is 1.60. The van der Waals surface area contributed by atoms with Crippen LogP contribution in [0.3, 0.4) is 0 Å². The van der Waals surface area contributed by atoms with Crippen molar-refractivity contribution in [3.8, 4) is 0 Å². The van der Waals surface area contributed by atoms with Gasteiger partial charge in [-0.05, 0) is 35.9 Å². The summed E-state index contributed by atoms with van der Waals surface area (Å²) in [6.07, 6.45) is 1.88. The average Bonchev–Trinajstić information content (AvgIpc) is 2.49. The van der Waals surface area contributed by atoms with E-state index in [1.165, 1.54) is 16.6 Å². The van der Waals surface area contributed by atoms with Crippen LogP contribution in [0.1, 0.15) is 32.3 Å². The van der Waals surface area contributed by atoms with Crippen LogP contribution in [0, 0.1) is 5.92 Å². The molecule has 2 atom stereocenters. The average molecular weight is 336 g/mol. The van der Waals surface area contributed by atoms with E-state index in [2.05, 4.69) is 42.8 Å². The SMILES string of the molecule is CC(C)c1ccc(N2CC(C[S+]=O)[C@H]2C)c2cnc(Cl)cc12. The molecule has 0 saturated carbocycles. The zero-order chi connectivity index (χ0) is 15.9. The number of pyridine rings is 1. The van der Waals surface area contributed by atoms with E-state index < -0.39 is 0 Å². The van der Waals surface area contributed by atoms with Crippen molar-refractivity contribution in [2.24, 2.45) is 5.92 Å². The summed E-state index contributed by atoms with van der Waals surface area (Å²) in [4.78, 5) is 6.64. The summed E-state index contributed by atoms with van der Waals surface area (Å²) in [6.45, 7) is 7.51. The predicted molar refractivity (Wildman–Crippen MR) is 94.1 cm³/mol. The Bertz CT molecular complexity index is 719. The van der Waals surface area contributed by atoms with Crippen molar-refractivity contribution in [1.82, 2.24) is 4.98 Å². The number of aromatic nitrogens is 1. The fourth-order valence-corrected chi connectivity index (χ4v) is 3.98. The third-order valence-corrected chi connectivity index (χ3v) is 5.47. The highest BCUT2D eigenvalue weighted by Crippen LogP contribution is 2.38. The van der Waals surface area contributed by atoms with E-state index >= 15 is 0 Å². The highest BCUT2D eigenvalue weighted by Gasteiger charge is 2.39. The van der Waals surface area contributed by atoms with E-state index in [1.807, 2.05) is 12.3 Å². The van der Waals surface area contributed by atoms with Gasteiger partial charge >= 0.3 is 11.7 Å². The van der Waals surface area contributed by atoms with Crippen LogP contribution in [0.5, 0.6) is 0 Å². The molecule has 2 heterocycles. The normalized spacial score (nSPS) is 21.2. The lowest BCUT2D eigenvalue weighted by molar-refractivity contribution is 0.345. The summed E-state index contributed by atoms with van der Waals surface area (Å²) >= 11 is 6.80. The Kier molecular flexibility index (Phi) is 4.33. The van der Waals surface area contributed by atoms with E-state index in [9.17, 15) is 4.21 Å². The Morgan fingerprint density at radius 3 is 2.82 bits per heavy atom. The minimum Gasteiger partial charge on any atom is -0.367 e. The Balaban J connectivity index is 2.05. The van der Waals surface area contributed by atoms with Crippen LogP contribution in [-0.4, -0.2) is 23.3 Å². The van der Waals surface area contributed by atoms with Crippen molar-refractivity contribution < 1.29 is 4.21 Å². The molecule has 0 spiro atoms. The Morgan fingerprint density at radius 2 is 2.18 bits per heavy atom. The lowest BCUT2D eigenvalue weighted by atomic mass is 9.89. The quantitative estimate of drug-likeness (QED) is 0.618. The van der Waals surface area contributed by atoms with Gasteiger partial charge in [-0.15, -0.1) is 0 Å². The number of hydrogen-bond donors (Lipinski definition) is 0. The highest BCUT2D eigenvalue weighted by atomic mass is 35.5. The molecule has 0 radical (unpaired) electrons. The molecule has 0 N–H and O–H groups in total. The van der Waals surface area contributed by atoms with E-state index in [-0.39, 0.29) is 0 Å². The molecule has 0 aliphatic carbocycles. The molecule has 22 heavy (non-hydrogen) atoms. The van der Waals surface area contributed by atoms with Gasteiger partial charge < -0.3 is 4.90 Å². The van der Waals surface area contributed by atoms with Crippen molar-refractivity contribution >= 4 is 39.7 Å². The zero-order valence-corrected chi connectivity index (χ0v) is 14.6. The van der Waals surface area contributed by atoms with Gasteiger partial charge in [0.05, 0.1) is 5.92 Å². The van der Waals surface area contributed by atoms with Crippen LogP contribution in [-0.2, 0) is 15.9 Å². The standard InChI is InChI=1S/C17H20ClN2OS/c1-10(2)13-4-5-16(15-7-19-17(18)6-14(13)15)20-8-12(9-22-21)11(20)3/h4-7,10-12H,8-9H2,1-3H3/q+1/t11-,12?/m1/s1. The fourth-order valence-electron chi connectivity index (χ4n) is 3.26. The van der Waals surface area contributed by atoms with Crippen molar-refractivity contribution in [2.75, 3.05) is 17.2 Å². The van der Waals surface area contributed by atoms with Gasteiger partial charge in [-0.3, -0.25) is 0 Å². The van der Waals surface area contributed by atoms with Crippen molar-refractivity contribution in [3.05, 3.63) is 35.1 Å². The van der Waals surface area contributed by atoms with E-state index in [0.717, 1.165) is 11.9 Å². The zero-order valence-electron chi connectivity index (χ0n) is 13.0. The van der Waals surface area contributed by atoms with Crippen LogP contribution in [0.4, 0.5) is 5.69 Å². The van der Waals surface area contributed by atoms with Gasteiger partial charge in [-0.1, -0.05) is 31.5 Å². The molecule has 1 saturated heterocycles. The molecule has 1 aromatic carbocycles. The van der Waals surface area contributed by atoms with Gasteiger partial charge in [0.2, 0.25) is 5.75 Å². The molecule has 1 aliphatic rings. The maximum atomic E-state index is 10.8. The van der Waals surface area contributed by atoms with Gasteiger partial charge in [0.1, 0.15) is 5.15 Å². The predicted octanol–water partition coefficient (Wildman–Crippen LogP) is 4.26. The first-order valence-electron chi connectivity index (χ1n) is 7.62.